The van der Waals surface area contributed by atoms with E-state index in [0.29, 0.717) is 12.3 Å². The number of aliphatic carboxylic acids is 1. The first-order valence-electron chi connectivity index (χ1n) is 5.54. The summed E-state index contributed by atoms with van der Waals surface area (Å²) in [4.78, 5) is 10.3. The van der Waals surface area contributed by atoms with Crippen LogP contribution in [0.5, 0.6) is 0 Å². The lowest BCUT2D eigenvalue weighted by Crippen LogP contribution is -1.97. The van der Waals surface area contributed by atoms with Crippen molar-refractivity contribution in [3.8, 4) is 0 Å². The summed E-state index contributed by atoms with van der Waals surface area (Å²) in [5.41, 5.74) is 1.15. The maximum atomic E-state index is 10.3. The zero-order valence-corrected chi connectivity index (χ0v) is 9.70. The van der Waals surface area contributed by atoms with E-state index in [1.54, 1.807) is 0 Å². The van der Waals surface area contributed by atoms with Crippen molar-refractivity contribution in [2.24, 2.45) is 5.92 Å². The summed E-state index contributed by atoms with van der Waals surface area (Å²) in [7, 11) is 0. The number of rotatable bonds is 8. The molecule has 0 aromatic rings. The van der Waals surface area contributed by atoms with Gasteiger partial charge in [0.2, 0.25) is 0 Å². The molecule has 0 aromatic heterocycles. The molecular weight excluding hydrogens is 192 g/mol. The van der Waals surface area contributed by atoms with Gasteiger partial charge in [-0.3, -0.25) is 4.79 Å². The molecule has 2 N–H and O–H groups in total. The fraction of sp³-hybridized carbons (Fsp3) is 0.750. The Morgan fingerprint density at radius 3 is 2.53 bits per heavy atom. The summed E-state index contributed by atoms with van der Waals surface area (Å²) in [6.45, 7) is 4.35. The predicted molar refractivity (Wildman–Crippen MR) is 60.7 cm³/mol. The Hall–Kier alpha value is -0.830. The van der Waals surface area contributed by atoms with Crippen LogP contribution >= 0.6 is 0 Å². The van der Waals surface area contributed by atoms with Crippen molar-refractivity contribution in [3.63, 3.8) is 0 Å². The van der Waals surface area contributed by atoms with Crippen molar-refractivity contribution in [1.29, 1.82) is 0 Å². The highest BCUT2D eigenvalue weighted by Gasteiger charge is 2.00. The molecule has 0 saturated heterocycles. The Morgan fingerprint density at radius 1 is 1.33 bits per heavy atom. The van der Waals surface area contributed by atoms with Crippen LogP contribution in [-0.4, -0.2) is 22.8 Å². The number of allylic oxidation sites excluding steroid dienone is 2. The maximum absolute atomic E-state index is 10.3. The standard InChI is InChI=1S/C12H22O3/c1-10(6-7-12(14)15)4-3-5-11(2)8-9-13/h4,11,13H,3,5-9H2,1-2H3,(H,14,15)/b10-4+. The molecule has 3 heteroatoms. The molecule has 0 fully saturated rings. The van der Waals surface area contributed by atoms with Gasteiger partial charge >= 0.3 is 5.97 Å². The van der Waals surface area contributed by atoms with E-state index < -0.39 is 5.97 Å². The number of hydrogen-bond donors (Lipinski definition) is 2. The van der Waals surface area contributed by atoms with Crippen molar-refractivity contribution < 1.29 is 15.0 Å². The summed E-state index contributed by atoms with van der Waals surface area (Å²) >= 11 is 0. The van der Waals surface area contributed by atoms with E-state index in [1.807, 2.05) is 6.92 Å². The highest BCUT2D eigenvalue weighted by atomic mass is 16.4. The maximum Gasteiger partial charge on any atom is 0.303 e. The molecule has 0 aliphatic heterocycles. The lowest BCUT2D eigenvalue weighted by molar-refractivity contribution is -0.136. The topological polar surface area (TPSA) is 57.5 Å². The fourth-order valence-corrected chi connectivity index (χ4v) is 1.39. The first-order valence-corrected chi connectivity index (χ1v) is 5.54. The Kier molecular flexibility index (Phi) is 8.01. The largest absolute Gasteiger partial charge is 0.481 e. The molecule has 0 aliphatic rings. The Balaban J connectivity index is 3.61. The first-order chi connectivity index (χ1) is 7.06. The summed E-state index contributed by atoms with van der Waals surface area (Å²) in [5.74, 6) is -0.199. The van der Waals surface area contributed by atoms with Crippen LogP contribution in [-0.2, 0) is 4.79 Å². The summed E-state index contributed by atoms with van der Waals surface area (Å²) in [6.07, 6.45) is 5.86. The zero-order chi connectivity index (χ0) is 11.7. The molecule has 3 nitrogen and oxygen atoms in total. The van der Waals surface area contributed by atoms with Crippen molar-refractivity contribution in [3.05, 3.63) is 11.6 Å². The molecule has 88 valence electrons. The lowest BCUT2D eigenvalue weighted by Gasteiger charge is -2.07. The predicted octanol–water partition coefficient (Wildman–Crippen LogP) is 2.60. The van der Waals surface area contributed by atoms with E-state index in [0.717, 1.165) is 24.8 Å². The van der Waals surface area contributed by atoms with Gasteiger partial charge in [0.25, 0.3) is 0 Å². The van der Waals surface area contributed by atoms with Crippen LogP contribution in [0, 0.1) is 5.92 Å². The van der Waals surface area contributed by atoms with Crippen LogP contribution in [0.15, 0.2) is 11.6 Å². The number of carboxylic acids is 1. The van der Waals surface area contributed by atoms with Gasteiger partial charge in [0.15, 0.2) is 0 Å². The zero-order valence-electron chi connectivity index (χ0n) is 9.70. The van der Waals surface area contributed by atoms with E-state index in [2.05, 4.69) is 13.0 Å². The third-order valence-corrected chi connectivity index (χ3v) is 2.51. The number of hydrogen-bond acceptors (Lipinski definition) is 2. The number of aliphatic hydroxyl groups is 1. The van der Waals surface area contributed by atoms with Gasteiger partial charge in [0, 0.05) is 13.0 Å². The van der Waals surface area contributed by atoms with E-state index in [1.165, 1.54) is 0 Å². The average Bonchev–Trinajstić information content (AvgIpc) is 2.15. The van der Waals surface area contributed by atoms with Crippen LogP contribution < -0.4 is 0 Å². The third kappa shape index (κ3) is 9.47. The second kappa shape index (κ2) is 8.48. The Labute approximate surface area is 91.8 Å². The minimum Gasteiger partial charge on any atom is -0.481 e. The Morgan fingerprint density at radius 2 is 2.00 bits per heavy atom. The average molecular weight is 214 g/mol. The molecule has 1 atom stereocenters. The summed E-state index contributed by atoms with van der Waals surface area (Å²) < 4.78 is 0. The lowest BCUT2D eigenvalue weighted by atomic mass is 10.0. The number of carbonyl (C=O) groups is 1. The molecule has 0 radical (unpaired) electrons. The molecule has 0 aromatic carbocycles. The highest BCUT2D eigenvalue weighted by Crippen LogP contribution is 2.12. The molecule has 15 heavy (non-hydrogen) atoms. The molecule has 0 spiro atoms. The summed E-state index contributed by atoms with van der Waals surface area (Å²) in [6, 6.07) is 0. The molecular formula is C12H22O3. The highest BCUT2D eigenvalue weighted by molar-refractivity contribution is 5.66. The number of carboxylic acid groups (broad SMARTS) is 1. The van der Waals surface area contributed by atoms with Crippen LogP contribution in [0.1, 0.15) is 46.0 Å². The Bertz CT molecular complexity index is 209. The van der Waals surface area contributed by atoms with Gasteiger partial charge in [-0.15, -0.1) is 0 Å². The van der Waals surface area contributed by atoms with Crippen LogP contribution in [0.2, 0.25) is 0 Å². The smallest absolute Gasteiger partial charge is 0.303 e. The molecule has 0 amide bonds. The molecule has 0 rings (SSSR count). The normalized spacial score (nSPS) is 13.9. The summed E-state index contributed by atoms with van der Waals surface area (Å²) in [5, 5.41) is 17.2. The van der Waals surface area contributed by atoms with Crippen LogP contribution in [0.3, 0.4) is 0 Å². The molecule has 0 heterocycles. The molecule has 0 aliphatic carbocycles. The monoisotopic (exact) mass is 214 g/mol. The minimum atomic E-state index is -0.739. The van der Waals surface area contributed by atoms with E-state index >= 15 is 0 Å². The first kappa shape index (κ1) is 14.2. The number of aliphatic hydroxyl groups excluding tert-OH is 1. The minimum absolute atomic E-state index is 0.217. The van der Waals surface area contributed by atoms with Gasteiger partial charge in [-0.2, -0.15) is 0 Å². The van der Waals surface area contributed by atoms with Crippen LogP contribution in [0.4, 0.5) is 0 Å². The molecule has 0 saturated carbocycles. The van der Waals surface area contributed by atoms with Gasteiger partial charge in [-0.05, 0) is 38.5 Å². The SMILES string of the molecule is C/C(=C\CCC(C)CCO)CCC(=O)O. The molecule has 1 unspecified atom stereocenters. The van der Waals surface area contributed by atoms with Gasteiger partial charge in [-0.1, -0.05) is 18.6 Å². The third-order valence-electron chi connectivity index (χ3n) is 2.51. The quantitative estimate of drug-likeness (QED) is 0.611. The van der Waals surface area contributed by atoms with Gasteiger partial charge in [-0.25, -0.2) is 0 Å². The van der Waals surface area contributed by atoms with Gasteiger partial charge < -0.3 is 10.2 Å². The van der Waals surface area contributed by atoms with E-state index in [-0.39, 0.29) is 13.0 Å². The van der Waals surface area contributed by atoms with Gasteiger partial charge in [0.05, 0.1) is 0 Å². The molecule has 0 bridgehead atoms. The van der Waals surface area contributed by atoms with Crippen molar-refractivity contribution >= 4 is 5.97 Å². The fourth-order valence-electron chi connectivity index (χ4n) is 1.39. The van der Waals surface area contributed by atoms with E-state index in [9.17, 15) is 4.79 Å². The van der Waals surface area contributed by atoms with Crippen molar-refractivity contribution in [2.75, 3.05) is 6.61 Å². The van der Waals surface area contributed by atoms with E-state index in [4.69, 9.17) is 10.2 Å². The van der Waals surface area contributed by atoms with Crippen molar-refractivity contribution in [1.82, 2.24) is 0 Å². The van der Waals surface area contributed by atoms with Crippen LogP contribution in [0.25, 0.3) is 0 Å². The van der Waals surface area contributed by atoms with Gasteiger partial charge in [0.1, 0.15) is 0 Å². The second-order valence-corrected chi connectivity index (χ2v) is 4.14. The second-order valence-electron chi connectivity index (χ2n) is 4.14. The van der Waals surface area contributed by atoms with Crippen molar-refractivity contribution in [2.45, 2.75) is 46.0 Å².